The van der Waals surface area contributed by atoms with Crippen LogP contribution in [0.2, 0.25) is 0 Å². The first-order valence-electron chi connectivity index (χ1n) is 5.47. The Balaban J connectivity index is 2.84. The molecule has 86 valence electrons. The molecular weight excluding hydrogens is 203 g/mol. The fourth-order valence-electron chi connectivity index (χ4n) is 1.50. The summed E-state index contributed by atoms with van der Waals surface area (Å²) in [7, 11) is 1.96. The van der Waals surface area contributed by atoms with Crippen LogP contribution in [0.15, 0.2) is 18.2 Å². The van der Waals surface area contributed by atoms with Crippen LogP contribution in [0.4, 0.5) is 4.39 Å². The lowest BCUT2D eigenvalue weighted by molar-refractivity contribution is 0.240. The molecular formula is C13H17FN2. The topological polar surface area (TPSA) is 27.0 Å². The third kappa shape index (κ3) is 3.04. The van der Waals surface area contributed by atoms with Gasteiger partial charge < -0.3 is 0 Å². The van der Waals surface area contributed by atoms with Gasteiger partial charge in [0.25, 0.3) is 0 Å². The quantitative estimate of drug-likeness (QED) is 0.780. The SMILES string of the molecule is CCC(C)N(C)Cc1cc(C#N)ccc1F. The number of benzene rings is 1. The van der Waals surface area contributed by atoms with Crippen LogP contribution in [-0.2, 0) is 6.54 Å². The minimum Gasteiger partial charge on any atom is -0.299 e. The Hall–Kier alpha value is -1.40. The van der Waals surface area contributed by atoms with Gasteiger partial charge in [0.05, 0.1) is 11.6 Å². The van der Waals surface area contributed by atoms with Crippen molar-refractivity contribution in [2.75, 3.05) is 7.05 Å². The molecule has 0 saturated heterocycles. The van der Waals surface area contributed by atoms with E-state index in [-0.39, 0.29) is 5.82 Å². The fraction of sp³-hybridized carbons (Fsp3) is 0.462. The molecule has 3 heteroatoms. The molecule has 1 aromatic rings. The van der Waals surface area contributed by atoms with Crippen LogP contribution in [-0.4, -0.2) is 18.0 Å². The zero-order valence-corrected chi connectivity index (χ0v) is 10.00. The third-order valence-corrected chi connectivity index (χ3v) is 2.94. The summed E-state index contributed by atoms with van der Waals surface area (Å²) in [6, 6.07) is 6.91. The van der Waals surface area contributed by atoms with Crippen LogP contribution in [0.25, 0.3) is 0 Å². The van der Waals surface area contributed by atoms with Crippen molar-refractivity contribution in [2.24, 2.45) is 0 Å². The first kappa shape index (κ1) is 12.7. The van der Waals surface area contributed by atoms with Gasteiger partial charge in [-0.1, -0.05) is 6.92 Å². The summed E-state index contributed by atoms with van der Waals surface area (Å²) in [5, 5.41) is 8.76. The van der Waals surface area contributed by atoms with Gasteiger partial charge in [-0.15, -0.1) is 0 Å². The summed E-state index contributed by atoms with van der Waals surface area (Å²) in [6.45, 7) is 4.74. The van der Waals surface area contributed by atoms with Gasteiger partial charge in [0.15, 0.2) is 0 Å². The van der Waals surface area contributed by atoms with Crippen molar-refractivity contribution in [1.29, 1.82) is 5.26 Å². The molecule has 0 fully saturated rings. The summed E-state index contributed by atoms with van der Waals surface area (Å²) in [6.07, 6.45) is 1.02. The molecule has 0 bridgehead atoms. The maximum Gasteiger partial charge on any atom is 0.127 e. The van der Waals surface area contributed by atoms with Gasteiger partial charge in [-0.05, 0) is 38.6 Å². The summed E-state index contributed by atoms with van der Waals surface area (Å²) in [5.41, 5.74) is 1.09. The van der Waals surface area contributed by atoms with Crippen LogP contribution >= 0.6 is 0 Å². The molecule has 1 rings (SSSR count). The number of rotatable bonds is 4. The van der Waals surface area contributed by atoms with Crippen LogP contribution in [0, 0.1) is 17.1 Å². The Morgan fingerprint density at radius 1 is 1.50 bits per heavy atom. The smallest absolute Gasteiger partial charge is 0.127 e. The Labute approximate surface area is 96.3 Å². The lowest BCUT2D eigenvalue weighted by atomic mass is 10.1. The van der Waals surface area contributed by atoms with Crippen molar-refractivity contribution >= 4 is 0 Å². The van der Waals surface area contributed by atoms with Gasteiger partial charge in [-0.3, -0.25) is 4.90 Å². The van der Waals surface area contributed by atoms with E-state index in [2.05, 4.69) is 18.7 Å². The molecule has 1 unspecified atom stereocenters. The highest BCUT2D eigenvalue weighted by Crippen LogP contribution is 2.14. The highest BCUT2D eigenvalue weighted by molar-refractivity contribution is 5.33. The second-order valence-corrected chi connectivity index (χ2v) is 4.09. The van der Waals surface area contributed by atoms with E-state index in [4.69, 9.17) is 5.26 Å². The van der Waals surface area contributed by atoms with Crippen LogP contribution in [0.1, 0.15) is 31.4 Å². The zero-order chi connectivity index (χ0) is 12.1. The predicted octanol–water partition coefficient (Wildman–Crippen LogP) is 2.93. The van der Waals surface area contributed by atoms with Crippen molar-refractivity contribution < 1.29 is 4.39 Å². The second-order valence-electron chi connectivity index (χ2n) is 4.09. The molecule has 1 aromatic carbocycles. The summed E-state index contributed by atoms with van der Waals surface area (Å²) in [4.78, 5) is 2.08. The van der Waals surface area contributed by atoms with E-state index in [1.54, 1.807) is 6.07 Å². The highest BCUT2D eigenvalue weighted by atomic mass is 19.1. The standard InChI is InChI=1S/C13H17FN2/c1-4-10(2)16(3)9-12-7-11(8-15)5-6-13(12)14/h5-7,10H,4,9H2,1-3H3. The maximum absolute atomic E-state index is 13.5. The Kier molecular flexibility index (Phi) is 4.45. The molecule has 0 aliphatic heterocycles. The second kappa shape index (κ2) is 5.62. The van der Waals surface area contributed by atoms with Crippen LogP contribution in [0.5, 0.6) is 0 Å². The number of halogens is 1. The van der Waals surface area contributed by atoms with Gasteiger partial charge in [-0.2, -0.15) is 5.26 Å². The number of nitrogens with zero attached hydrogens (tertiary/aromatic N) is 2. The first-order valence-corrected chi connectivity index (χ1v) is 5.47. The molecule has 0 aliphatic carbocycles. The summed E-state index contributed by atoms with van der Waals surface area (Å²) >= 11 is 0. The molecule has 0 spiro atoms. The average molecular weight is 220 g/mol. The van der Waals surface area contributed by atoms with E-state index >= 15 is 0 Å². The minimum atomic E-state index is -0.242. The highest BCUT2D eigenvalue weighted by Gasteiger charge is 2.10. The predicted molar refractivity (Wildman–Crippen MR) is 62.3 cm³/mol. The van der Waals surface area contributed by atoms with Crippen molar-refractivity contribution in [1.82, 2.24) is 4.90 Å². The van der Waals surface area contributed by atoms with Gasteiger partial charge in [0, 0.05) is 18.2 Å². The molecule has 16 heavy (non-hydrogen) atoms. The number of hydrogen-bond acceptors (Lipinski definition) is 2. The van der Waals surface area contributed by atoms with Crippen molar-refractivity contribution in [2.45, 2.75) is 32.9 Å². The molecule has 0 saturated carbocycles. The minimum absolute atomic E-state index is 0.242. The molecule has 0 heterocycles. The molecule has 0 amide bonds. The lowest BCUT2D eigenvalue weighted by Gasteiger charge is -2.23. The fourth-order valence-corrected chi connectivity index (χ4v) is 1.50. The maximum atomic E-state index is 13.5. The molecule has 0 aromatic heterocycles. The molecule has 0 aliphatic rings. The largest absolute Gasteiger partial charge is 0.299 e. The first-order chi connectivity index (χ1) is 7.58. The lowest BCUT2D eigenvalue weighted by Crippen LogP contribution is -2.28. The van der Waals surface area contributed by atoms with E-state index in [0.717, 1.165) is 6.42 Å². The van der Waals surface area contributed by atoms with E-state index in [1.807, 2.05) is 13.1 Å². The molecule has 0 N–H and O–H groups in total. The molecule has 1 atom stereocenters. The normalized spacial score (nSPS) is 12.5. The van der Waals surface area contributed by atoms with Gasteiger partial charge in [-0.25, -0.2) is 4.39 Å². The number of nitriles is 1. The molecule has 2 nitrogen and oxygen atoms in total. The van der Waals surface area contributed by atoms with Crippen LogP contribution < -0.4 is 0 Å². The van der Waals surface area contributed by atoms with Gasteiger partial charge in [0.1, 0.15) is 5.82 Å². The van der Waals surface area contributed by atoms with Gasteiger partial charge in [0.2, 0.25) is 0 Å². The average Bonchev–Trinajstić information content (AvgIpc) is 2.30. The van der Waals surface area contributed by atoms with E-state index in [1.165, 1.54) is 12.1 Å². The summed E-state index contributed by atoms with van der Waals surface area (Å²) in [5.74, 6) is -0.242. The van der Waals surface area contributed by atoms with Crippen molar-refractivity contribution in [3.05, 3.63) is 35.1 Å². The van der Waals surface area contributed by atoms with Crippen molar-refractivity contribution in [3.63, 3.8) is 0 Å². The van der Waals surface area contributed by atoms with E-state index < -0.39 is 0 Å². The van der Waals surface area contributed by atoms with E-state index in [0.29, 0.717) is 23.7 Å². The zero-order valence-electron chi connectivity index (χ0n) is 10.00. The number of hydrogen-bond donors (Lipinski definition) is 0. The Bertz CT molecular complexity index is 395. The third-order valence-electron chi connectivity index (χ3n) is 2.94. The summed E-state index contributed by atoms with van der Waals surface area (Å²) < 4.78 is 13.5. The Morgan fingerprint density at radius 3 is 2.75 bits per heavy atom. The molecule has 0 radical (unpaired) electrons. The Morgan fingerprint density at radius 2 is 2.19 bits per heavy atom. The van der Waals surface area contributed by atoms with E-state index in [9.17, 15) is 4.39 Å². The van der Waals surface area contributed by atoms with Crippen LogP contribution in [0.3, 0.4) is 0 Å². The van der Waals surface area contributed by atoms with Crippen molar-refractivity contribution in [3.8, 4) is 6.07 Å². The van der Waals surface area contributed by atoms with Gasteiger partial charge >= 0.3 is 0 Å². The monoisotopic (exact) mass is 220 g/mol.